The molecule has 3 aromatic rings. The van der Waals surface area contributed by atoms with Crippen molar-refractivity contribution in [1.82, 2.24) is 15.0 Å². The molecule has 26 heavy (non-hydrogen) atoms. The van der Waals surface area contributed by atoms with Crippen LogP contribution in [0.1, 0.15) is 23.2 Å². The molecule has 0 radical (unpaired) electrons. The van der Waals surface area contributed by atoms with E-state index in [0.717, 1.165) is 15.3 Å². The highest BCUT2D eigenvalue weighted by molar-refractivity contribution is 7.99. The first-order chi connectivity index (χ1) is 12.3. The second kappa shape index (κ2) is 7.77. The molecule has 0 saturated carbocycles. The predicted molar refractivity (Wildman–Crippen MR) is 108 cm³/mol. The molecule has 136 valence electrons. The van der Waals surface area contributed by atoms with E-state index in [-0.39, 0.29) is 16.7 Å². The van der Waals surface area contributed by atoms with Crippen molar-refractivity contribution in [2.45, 2.75) is 31.8 Å². The van der Waals surface area contributed by atoms with E-state index in [2.05, 4.69) is 20.3 Å². The molecular weight excluding hydrogens is 392 g/mol. The fourth-order valence-corrected chi connectivity index (χ4v) is 4.24. The molecule has 2 N–H and O–H groups in total. The number of anilines is 1. The number of aromatic amines is 1. The van der Waals surface area contributed by atoms with Crippen molar-refractivity contribution in [3.8, 4) is 0 Å². The largest absolute Gasteiger partial charge is 0.310 e. The number of H-pyrrole nitrogens is 1. The zero-order chi connectivity index (χ0) is 18.8. The van der Waals surface area contributed by atoms with Crippen LogP contribution in [0.4, 0.5) is 5.82 Å². The number of aromatic nitrogens is 3. The van der Waals surface area contributed by atoms with Crippen molar-refractivity contribution in [1.29, 1.82) is 0 Å². The lowest BCUT2D eigenvalue weighted by Crippen LogP contribution is -2.23. The van der Waals surface area contributed by atoms with Crippen LogP contribution in [-0.4, -0.2) is 26.1 Å². The number of amides is 1. The van der Waals surface area contributed by atoms with Gasteiger partial charge in [0, 0.05) is 11.1 Å². The quantitative estimate of drug-likeness (QED) is 0.668. The Balaban J connectivity index is 1.66. The van der Waals surface area contributed by atoms with Gasteiger partial charge >= 0.3 is 0 Å². The molecule has 0 aromatic carbocycles. The maximum Gasteiger partial charge on any atom is 0.259 e. The van der Waals surface area contributed by atoms with E-state index in [1.165, 1.54) is 29.3 Å². The summed E-state index contributed by atoms with van der Waals surface area (Å²) in [7, 11) is 0. The third kappa shape index (κ3) is 4.08. The van der Waals surface area contributed by atoms with Crippen molar-refractivity contribution in [2.75, 3.05) is 5.32 Å². The van der Waals surface area contributed by atoms with Gasteiger partial charge in [-0.05, 0) is 38.5 Å². The molecule has 0 saturated heterocycles. The molecule has 0 aliphatic heterocycles. The van der Waals surface area contributed by atoms with Gasteiger partial charge in [0.05, 0.1) is 21.4 Å². The Morgan fingerprint density at radius 3 is 2.88 bits per heavy atom. The predicted octanol–water partition coefficient (Wildman–Crippen LogP) is 3.91. The molecule has 3 heterocycles. The van der Waals surface area contributed by atoms with Crippen LogP contribution in [0.2, 0.25) is 5.02 Å². The van der Waals surface area contributed by atoms with Gasteiger partial charge in [-0.1, -0.05) is 11.6 Å². The Hall–Kier alpha value is -1.90. The van der Waals surface area contributed by atoms with E-state index in [9.17, 15) is 9.59 Å². The minimum atomic E-state index is -0.333. The average Bonchev–Trinajstić information content (AvgIpc) is 2.89. The number of aryl methyl sites for hydroxylation is 2. The number of nitrogens with zero attached hydrogens (tertiary/aromatic N) is 2. The molecule has 0 fully saturated rings. The van der Waals surface area contributed by atoms with Gasteiger partial charge in [0.15, 0.2) is 0 Å². The van der Waals surface area contributed by atoms with Gasteiger partial charge in [-0.15, -0.1) is 23.1 Å². The van der Waals surface area contributed by atoms with Crippen LogP contribution >= 0.6 is 34.7 Å². The van der Waals surface area contributed by atoms with Crippen LogP contribution in [0.5, 0.6) is 0 Å². The molecule has 0 spiro atoms. The Labute approximate surface area is 163 Å². The van der Waals surface area contributed by atoms with E-state index in [1.54, 1.807) is 19.1 Å². The minimum absolute atomic E-state index is 0.130. The van der Waals surface area contributed by atoms with Crippen molar-refractivity contribution < 1.29 is 4.79 Å². The Morgan fingerprint density at radius 1 is 1.42 bits per heavy atom. The van der Waals surface area contributed by atoms with E-state index in [4.69, 9.17) is 11.6 Å². The third-order valence-electron chi connectivity index (χ3n) is 3.91. The minimum Gasteiger partial charge on any atom is -0.310 e. The van der Waals surface area contributed by atoms with E-state index >= 15 is 0 Å². The summed E-state index contributed by atoms with van der Waals surface area (Å²) in [5.74, 6) is 1.28. The number of carbonyl (C=O) groups is 1. The standard InChI is InChI=1S/C17H17ClN4O2S2/c1-8-9(2)26-17-14(8)16(24)21-13(22-17)7-25-10(3)15(23)20-12-5-4-11(18)6-19-12/h4-6,10H,7H2,1-3H3,(H,19,20,23)(H,21,22,24)/t10-/m1/s1. The monoisotopic (exact) mass is 408 g/mol. The normalized spacial score (nSPS) is 12.3. The first kappa shape index (κ1) is 18.9. The molecule has 0 bridgehead atoms. The maximum absolute atomic E-state index is 12.3. The molecule has 3 rings (SSSR count). The molecule has 0 aliphatic carbocycles. The summed E-state index contributed by atoms with van der Waals surface area (Å²) < 4.78 is 0. The molecular formula is C17H17ClN4O2S2. The number of nitrogens with one attached hydrogen (secondary N) is 2. The fraction of sp³-hybridized carbons (Fsp3) is 0.294. The highest BCUT2D eigenvalue weighted by atomic mass is 35.5. The van der Waals surface area contributed by atoms with Crippen molar-refractivity contribution >= 4 is 56.6 Å². The van der Waals surface area contributed by atoms with Crippen molar-refractivity contribution in [3.63, 3.8) is 0 Å². The van der Waals surface area contributed by atoms with Crippen molar-refractivity contribution in [3.05, 3.63) is 50.0 Å². The number of thiophene rings is 1. The van der Waals surface area contributed by atoms with Crippen LogP contribution in [-0.2, 0) is 10.5 Å². The van der Waals surface area contributed by atoms with Gasteiger partial charge in [-0.3, -0.25) is 9.59 Å². The van der Waals surface area contributed by atoms with Crippen LogP contribution < -0.4 is 10.9 Å². The molecule has 1 amide bonds. The smallest absolute Gasteiger partial charge is 0.259 e. The first-order valence-corrected chi connectivity index (χ1v) is 10.1. The topological polar surface area (TPSA) is 87.7 Å². The van der Waals surface area contributed by atoms with Gasteiger partial charge in [-0.25, -0.2) is 9.97 Å². The van der Waals surface area contributed by atoms with Gasteiger partial charge in [0.1, 0.15) is 16.5 Å². The lowest BCUT2D eigenvalue weighted by molar-refractivity contribution is -0.115. The maximum atomic E-state index is 12.3. The molecule has 9 heteroatoms. The first-order valence-electron chi connectivity index (χ1n) is 7.88. The number of fused-ring (bicyclic) bond motifs is 1. The summed E-state index contributed by atoms with van der Waals surface area (Å²) in [5.41, 5.74) is 0.844. The summed E-state index contributed by atoms with van der Waals surface area (Å²) in [6, 6.07) is 3.31. The zero-order valence-corrected chi connectivity index (χ0v) is 16.8. The molecule has 0 aliphatic rings. The van der Waals surface area contributed by atoms with Crippen LogP contribution in [0.3, 0.4) is 0 Å². The number of hydrogen-bond acceptors (Lipinski definition) is 6. The van der Waals surface area contributed by atoms with Crippen LogP contribution in [0.25, 0.3) is 10.2 Å². The Morgan fingerprint density at radius 2 is 2.19 bits per heavy atom. The lowest BCUT2D eigenvalue weighted by atomic mass is 10.2. The number of rotatable bonds is 5. The van der Waals surface area contributed by atoms with E-state index in [0.29, 0.717) is 27.8 Å². The SMILES string of the molecule is Cc1sc2nc(CS[C@H](C)C(=O)Nc3ccc(Cl)cn3)[nH]c(=O)c2c1C. The summed E-state index contributed by atoms with van der Waals surface area (Å²) in [6.45, 7) is 5.70. The summed E-state index contributed by atoms with van der Waals surface area (Å²) in [6.07, 6.45) is 1.48. The van der Waals surface area contributed by atoms with E-state index in [1.807, 2.05) is 13.8 Å². The molecule has 1 atom stereocenters. The Bertz CT molecular complexity index is 1010. The van der Waals surface area contributed by atoms with Gasteiger partial charge < -0.3 is 10.3 Å². The number of halogens is 1. The zero-order valence-electron chi connectivity index (χ0n) is 14.4. The molecule has 6 nitrogen and oxygen atoms in total. The second-order valence-electron chi connectivity index (χ2n) is 5.78. The van der Waals surface area contributed by atoms with Gasteiger partial charge in [0.2, 0.25) is 5.91 Å². The number of pyridine rings is 1. The lowest BCUT2D eigenvalue weighted by Gasteiger charge is -2.11. The average molecular weight is 409 g/mol. The highest BCUT2D eigenvalue weighted by Gasteiger charge is 2.16. The summed E-state index contributed by atoms with van der Waals surface area (Å²) in [4.78, 5) is 37.7. The fourth-order valence-electron chi connectivity index (χ4n) is 2.32. The summed E-state index contributed by atoms with van der Waals surface area (Å²) in [5, 5.41) is 3.57. The Kier molecular flexibility index (Phi) is 5.64. The van der Waals surface area contributed by atoms with E-state index < -0.39 is 0 Å². The van der Waals surface area contributed by atoms with Crippen LogP contribution in [0.15, 0.2) is 23.1 Å². The van der Waals surface area contributed by atoms with Crippen LogP contribution in [0, 0.1) is 13.8 Å². The number of hydrogen-bond donors (Lipinski definition) is 2. The third-order valence-corrected chi connectivity index (χ3v) is 6.38. The van der Waals surface area contributed by atoms with Gasteiger partial charge in [-0.2, -0.15) is 0 Å². The second-order valence-corrected chi connectivity index (χ2v) is 8.75. The summed E-state index contributed by atoms with van der Waals surface area (Å²) >= 11 is 8.69. The highest BCUT2D eigenvalue weighted by Crippen LogP contribution is 2.26. The van der Waals surface area contributed by atoms with Gasteiger partial charge in [0.25, 0.3) is 5.56 Å². The number of thioether (sulfide) groups is 1. The molecule has 0 unspecified atom stereocenters. The number of carbonyl (C=O) groups excluding carboxylic acids is 1. The molecule has 3 aromatic heterocycles. The van der Waals surface area contributed by atoms with Crippen molar-refractivity contribution in [2.24, 2.45) is 0 Å².